The molecule has 1 saturated carbocycles. The SMILES string of the molecule is CC(C)(C)c1ccc(C2CC2C(=O)NN=Cc2ccsc2)cc1. The Hall–Kier alpha value is -1.94. The minimum absolute atomic E-state index is 0.0152. The van der Waals surface area contributed by atoms with Crippen LogP contribution in [0, 0.1) is 5.92 Å². The zero-order valence-corrected chi connectivity index (χ0v) is 14.6. The molecule has 1 fully saturated rings. The molecule has 2 unspecified atom stereocenters. The Balaban J connectivity index is 1.55. The van der Waals surface area contributed by atoms with Crippen molar-refractivity contribution in [3.63, 3.8) is 0 Å². The molecule has 2 atom stereocenters. The number of thiophene rings is 1. The lowest BCUT2D eigenvalue weighted by Crippen LogP contribution is -2.20. The molecule has 0 aliphatic heterocycles. The molecule has 1 aliphatic rings. The van der Waals surface area contributed by atoms with Gasteiger partial charge < -0.3 is 0 Å². The first-order valence-electron chi connectivity index (χ1n) is 7.91. The summed E-state index contributed by atoms with van der Waals surface area (Å²) in [6, 6.07) is 10.6. The van der Waals surface area contributed by atoms with Gasteiger partial charge in [0.25, 0.3) is 0 Å². The highest BCUT2D eigenvalue weighted by atomic mass is 32.1. The number of nitrogens with zero attached hydrogens (tertiary/aromatic N) is 1. The van der Waals surface area contributed by atoms with Gasteiger partial charge in [0.05, 0.1) is 6.21 Å². The van der Waals surface area contributed by atoms with Crippen molar-refractivity contribution in [1.29, 1.82) is 0 Å². The number of nitrogens with one attached hydrogen (secondary N) is 1. The van der Waals surface area contributed by atoms with E-state index in [1.807, 2.05) is 16.8 Å². The fourth-order valence-electron chi connectivity index (χ4n) is 2.69. The van der Waals surface area contributed by atoms with E-state index in [4.69, 9.17) is 0 Å². The summed E-state index contributed by atoms with van der Waals surface area (Å²) in [7, 11) is 0. The van der Waals surface area contributed by atoms with Gasteiger partial charge in [-0.05, 0) is 45.7 Å². The number of hydrazone groups is 1. The second-order valence-electron chi connectivity index (χ2n) is 7.11. The lowest BCUT2D eigenvalue weighted by Gasteiger charge is -2.19. The molecule has 1 aromatic carbocycles. The van der Waals surface area contributed by atoms with Crippen LogP contribution in [0.5, 0.6) is 0 Å². The number of benzene rings is 1. The molecule has 1 N–H and O–H groups in total. The van der Waals surface area contributed by atoms with Gasteiger partial charge in [-0.1, -0.05) is 45.0 Å². The highest BCUT2D eigenvalue weighted by Crippen LogP contribution is 2.47. The Kier molecular flexibility index (Phi) is 4.35. The van der Waals surface area contributed by atoms with Gasteiger partial charge in [-0.25, -0.2) is 5.43 Å². The third kappa shape index (κ3) is 3.88. The zero-order chi connectivity index (χ0) is 16.4. The summed E-state index contributed by atoms with van der Waals surface area (Å²) < 4.78 is 0. The summed E-state index contributed by atoms with van der Waals surface area (Å²) >= 11 is 1.61. The van der Waals surface area contributed by atoms with Gasteiger partial charge in [0, 0.05) is 11.5 Å². The second-order valence-corrected chi connectivity index (χ2v) is 7.89. The third-order valence-corrected chi connectivity index (χ3v) is 4.97. The highest BCUT2D eigenvalue weighted by Gasteiger charge is 2.43. The van der Waals surface area contributed by atoms with Crippen LogP contribution >= 0.6 is 11.3 Å². The van der Waals surface area contributed by atoms with E-state index < -0.39 is 0 Å². The summed E-state index contributed by atoms with van der Waals surface area (Å²) in [6.07, 6.45) is 2.60. The van der Waals surface area contributed by atoms with Gasteiger partial charge in [-0.2, -0.15) is 16.4 Å². The maximum absolute atomic E-state index is 12.1. The average molecular weight is 326 g/mol. The summed E-state index contributed by atoms with van der Waals surface area (Å²) in [6.45, 7) is 6.63. The Morgan fingerprint density at radius 1 is 1.26 bits per heavy atom. The van der Waals surface area contributed by atoms with Crippen molar-refractivity contribution in [3.8, 4) is 0 Å². The third-order valence-electron chi connectivity index (χ3n) is 4.26. The van der Waals surface area contributed by atoms with Crippen LogP contribution in [0.3, 0.4) is 0 Å². The Labute approximate surface area is 141 Å². The quantitative estimate of drug-likeness (QED) is 0.660. The summed E-state index contributed by atoms with van der Waals surface area (Å²) in [4.78, 5) is 12.1. The smallest absolute Gasteiger partial charge is 0.243 e. The molecule has 23 heavy (non-hydrogen) atoms. The van der Waals surface area contributed by atoms with Gasteiger partial charge in [0.15, 0.2) is 0 Å². The van der Waals surface area contributed by atoms with Crippen LogP contribution in [-0.2, 0) is 10.2 Å². The summed E-state index contributed by atoms with van der Waals surface area (Å²) in [5.74, 6) is 0.400. The fourth-order valence-corrected chi connectivity index (χ4v) is 3.30. The Morgan fingerprint density at radius 2 is 2.00 bits per heavy atom. The number of carbonyl (C=O) groups excluding carboxylic acids is 1. The van der Waals surface area contributed by atoms with Crippen LogP contribution in [0.15, 0.2) is 46.2 Å². The fraction of sp³-hybridized carbons (Fsp3) is 0.368. The normalized spacial score (nSPS) is 20.7. The number of carbonyl (C=O) groups is 1. The first-order chi connectivity index (χ1) is 10.9. The average Bonchev–Trinajstić information content (AvgIpc) is 3.15. The van der Waals surface area contributed by atoms with Gasteiger partial charge >= 0.3 is 0 Å². The molecule has 3 rings (SSSR count). The molecule has 1 amide bonds. The Bertz CT molecular complexity index is 696. The molecule has 1 aliphatic carbocycles. The zero-order valence-electron chi connectivity index (χ0n) is 13.7. The first kappa shape index (κ1) is 15.9. The molecular weight excluding hydrogens is 304 g/mol. The van der Waals surface area contributed by atoms with Crippen LogP contribution in [0.25, 0.3) is 0 Å². The topological polar surface area (TPSA) is 41.5 Å². The lowest BCUT2D eigenvalue weighted by atomic mass is 9.86. The van der Waals surface area contributed by atoms with E-state index >= 15 is 0 Å². The second kappa shape index (κ2) is 6.28. The van der Waals surface area contributed by atoms with Crippen LogP contribution in [0.1, 0.15) is 49.8 Å². The first-order valence-corrected chi connectivity index (χ1v) is 8.85. The molecule has 0 bridgehead atoms. The lowest BCUT2D eigenvalue weighted by molar-refractivity contribution is -0.122. The predicted molar refractivity (Wildman–Crippen MR) is 96.0 cm³/mol. The van der Waals surface area contributed by atoms with Crippen molar-refractivity contribution in [2.24, 2.45) is 11.0 Å². The molecule has 4 heteroatoms. The molecule has 2 aromatic rings. The van der Waals surface area contributed by atoms with E-state index in [0.29, 0.717) is 5.92 Å². The van der Waals surface area contributed by atoms with E-state index in [-0.39, 0.29) is 17.2 Å². The van der Waals surface area contributed by atoms with E-state index in [2.05, 4.69) is 55.6 Å². The minimum atomic E-state index is 0.0152. The maximum Gasteiger partial charge on any atom is 0.243 e. The maximum atomic E-state index is 12.1. The number of hydrogen-bond donors (Lipinski definition) is 1. The van der Waals surface area contributed by atoms with Crippen molar-refractivity contribution in [2.75, 3.05) is 0 Å². The van der Waals surface area contributed by atoms with Gasteiger partial charge in [0.1, 0.15) is 0 Å². The molecule has 1 aromatic heterocycles. The molecule has 1 heterocycles. The van der Waals surface area contributed by atoms with Crippen molar-refractivity contribution >= 4 is 23.5 Å². The number of hydrogen-bond acceptors (Lipinski definition) is 3. The van der Waals surface area contributed by atoms with Gasteiger partial charge in [-0.3, -0.25) is 4.79 Å². The van der Waals surface area contributed by atoms with Crippen molar-refractivity contribution in [3.05, 3.63) is 57.8 Å². The summed E-state index contributed by atoms with van der Waals surface area (Å²) in [5.41, 5.74) is 6.40. The Morgan fingerprint density at radius 3 is 2.61 bits per heavy atom. The van der Waals surface area contributed by atoms with E-state index in [1.165, 1.54) is 11.1 Å². The number of amides is 1. The van der Waals surface area contributed by atoms with Crippen LogP contribution in [-0.4, -0.2) is 12.1 Å². The standard InChI is InChI=1S/C19H22N2OS/c1-19(2,3)15-6-4-14(5-7-15)16-10-17(16)18(22)21-20-11-13-8-9-23-12-13/h4-9,11-12,16-17H,10H2,1-3H3,(H,21,22). The van der Waals surface area contributed by atoms with E-state index in [0.717, 1.165) is 12.0 Å². The monoisotopic (exact) mass is 326 g/mol. The summed E-state index contributed by atoms with van der Waals surface area (Å²) in [5, 5.41) is 8.01. The predicted octanol–water partition coefficient (Wildman–Crippen LogP) is 4.30. The molecule has 0 saturated heterocycles. The van der Waals surface area contributed by atoms with E-state index in [9.17, 15) is 4.79 Å². The molecule has 3 nitrogen and oxygen atoms in total. The van der Waals surface area contributed by atoms with Crippen molar-refractivity contribution in [1.82, 2.24) is 5.43 Å². The molecule has 120 valence electrons. The van der Waals surface area contributed by atoms with Crippen molar-refractivity contribution in [2.45, 2.75) is 38.5 Å². The van der Waals surface area contributed by atoms with Crippen LogP contribution < -0.4 is 5.43 Å². The molecule has 0 radical (unpaired) electrons. The number of rotatable bonds is 4. The highest BCUT2D eigenvalue weighted by molar-refractivity contribution is 7.08. The molecule has 0 spiro atoms. The largest absolute Gasteiger partial charge is 0.273 e. The van der Waals surface area contributed by atoms with Crippen molar-refractivity contribution < 1.29 is 4.79 Å². The van der Waals surface area contributed by atoms with Gasteiger partial charge in [0.2, 0.25) is 5.91 Å². The van der Waals surface area contributed by atoms with Crippen LogP contribution in [0.4, 0.5) is 0 Å². The minimum Gasteiger partial charge on any atom is -0.273 e. The molecular formula is C19H22N2OS. The van der Waals surface area contributed by atoms with Gasteiger partial charge in [-0.15, -0.1) is 0 Å². The van der Waals surface area contributed by atoms with Crippen LogP contribution in [0.2, 0.25) is 0 Å². The van der Waals surface area contributed by atoms with E-state index in [1.54, 1.807) is 17.6 Å².